The fourth-order valence-corrected chi connectivity index (χ4v) is 4.17. The number of hydrogen-bond donors (Lipinski definition) is 0. The Labute approximate surface area is 143 Å². The molecular weight excluding hydrogens is 304 g/mol. The molecular formula is C20H26O2S. The van der Waals surface area contributed by atoms with Gasteiger partial charge < -0.3 is 4.74 Å². The Kier molecular flexibility index (Phi) is 5.82. The summed E-state index contributed by atoms with van der Waals surface area (Å²) in [4.78, 5) is 13.6. The topological polar surface area (TPSA) is 26.3 Å². The second-order valence-corrected chi connectivity index (χ2v) is 7.72. The van der Waals surface area contributed by atoms with Crippen LogP contribution in [0.5, 0.6) is 0 Å². The van der Waals surface area contributed by atoms with E-state index in [4.69, 9.17) is 4.74 Å². The Bertz CT molecular complexity index is 552. The minimum atomic E-state index is -0.183. The lowest BCUT2D eigenvalue weighted by molar-refractivity contribution is -0.136. The van der Waals surface area contributed by atoms with E-state index in [1.54, 1.807) is 0 Å². The first-order valence-corrected chi connectivity index (χ1v) is 9.87. The van der Waals surface area contributed by atoms with Gasteiger partial charge in [-0.25, -0.2) is 4.79 Å². The van der Waals surface area contributed by atoms with E-state index in [2.05, 4.69) is 30.3 Å². The standard InChI is InChI=1S/C20H26O2S/c1-2-22-20(21)19(13-15-5-3-4-6-15)17-9-11-18(12-10-17)23-14-16-7-8-16/h9-13,15-16H,2-8,14H2,1H3/b19-13+. The zero-order chi connectivity index (χ0) is 16.1. The van der Waals surface area contributed by atoms with Crippen LogP contribution in [0.3, 0.4) is 0 Å². The summed E-state index contributed by atoms with van der Waals surface area (Å²) in [5.41, 5.74) is 1.74. The summed E-state index contributed by atoms with van der Waals surface area (Å²) < 4.78 is 5.27. The number of hydrogen-bond acceptors (Lipinski definition) is 3. The molecule has 0 saturated heterocycles. The zero-order valence-electron chi connectivity index (χ0n) is 13.9. The summed E-state index contributed by atoms with van der Waals surface area (Å²) in [6.45, 7) is 2.29. The number of carbonyl (C=O) groups excluding carboxylic acids is 1. The van der Waals surface area contributed by atoms with Crippen molar-refractivity contribution >= 4 is 23.3 Å². The molecule has 0 amide bonds. The molecule has 0 bridgehead atoms. The molecule has 2 fully saturated rings. The third-order valence-corrected chi connectivity index (χ3v) is 5.89. The first-order chi connectivity index (χ1) is 11.3. The average molecular weight is 330 g/mol. The van der Waals surface area contributed by atoms with Crippen molar-refractivity contribution in [2.75, 3.05) is 12.4 Å². The highest BCUT2D eigenvalue weighted by molar-refractivity contribution is 7.99. The number of benzene rings is 1. The maximum absolute atomic E-state index is 12.3. The van der Waals surface area contributed by atoms with Crippen molar-refractivity contribution in [2.45, 2.75) is 50.3 Å². The molecule has 2 nitrogen and oxygen atoms in total. The van der Waals surface area contributed by atoms with Crippen LogP contribution in [-0.2, 0) is 9.53 Å². The first kappa shape index (κ1) is 16.6. The highest BCUT2D eigenvalue weighted by Gasteiger charge is 2.21. The molecule has 0 atom stereocenters. The van der Waals surface area contributed by atoms with Gasteiger partial charge in [-0.1, -0.05) is 31.1 Å². The Balaban J connectivity index is 1.73. The van der Waals surface area contributed by atoms with Gasteiger partial charge in [-0.15, -0.1) is 11.8 Å². The molecule has 124 valence electrons. The Morgan fingerprint density at radius 3 is 2.48 bits per heavy atom. The lowest BCUT2D eigenvalue weighted by Crippen LogP contribution is -2.08. The highest BCUT2D eigenvalue weighted by atomic mass is 32.2. The maximum Gasteiger partial charge on any atom is 0.338 e. The molecule has 3 rings (SSSR count). The lowest BCUT2D eigenvalue weighted by atomic mass is 9.99. The van der Waals surface area contributed by atoms with Crippen LogP contribution in [0, 0.1) is 11.8 Å². The van der Waals surface area contributed by atoms with E-state index >= 15 is 0 Å². The smallest absolute Gasteiger partial charge is 0.338 e. The second kappa shape index (κ2) is 8.05. The van der Waals surface area contributed by atoms with Gasteiger partial charge in [0.15, 0.2) is 0 Å². The van der Waals surface area contributed by atoms with Crippen molar-refractivity contribution in [1.82, 2.24) is 0 Å². The van der Waals surface area contributed by atoms with Gasteiger partial charge in [0, 0.05) is 10.6 Å². The summed E-state index contributed by atoms with van der Waals surface area (Å²) in [5.74, 6) is 2.50. The number of rotatable bonds is 7. The Morgan fingerprint density at radius 2 is 1.87 bits per heavy atom. The molecule has 2 saturated carbocycles. The van der Waals surface area contributed by atoms with Crippen LogP contribution in [-0.4, -0.2) is 18.3 Å². The highest BCUT2D eigenvalue weighted by Crippen LogP contribution is 2.35. The van der Waals surface area contributed by atoms with Gasteiger partial charge in [-0.3, -0.25) is 0 Å². The van der Waals surface area contributed by atoms with Crippen molar-refractivity contribution in [2.24, 2.45) is 11.8 Å². The summed E-state index contributed by atoms with van der Waals surface area (Å²) in [6.07, 6.45) is 9.86. The van der Waals surface area contributed by atoms with Crippen molar-refractivity contribution in [3.63, 3.8) is 0 Å². The van der Waals surface area contributed by atoms with Gasteiger partial charge in [-0.05, 0) is 62.1 Å². The lowest BCUT2D eigenvalue weighted by Gasteiger charge is -2.11. The van der Waals surface area contributed by atoms with Gasteiger partial charge in [0.2, 0.25) is 0 Å². The van der Waals surface area contributed by atoms with Gasteiger partial charge in [0.1, 0.15) is 0 Å². The molecule has 0 heterocycles. The average Bonchev–Trinajstić information content (AvgIpc) is 3.26. The van der Waals surface area contributed by atoms with Gasteiger partial charge in [0.25, 0.3) is 0 Å². The molecule has 0 aliphatic heterocycles. The number of thioether (sulfide) groups is 1. The van der Waals surface area contributed by atoms with Crippen molar-refractivity contribution in [1.29, 1.82) is 0 Å². The minimum absolute atomic E-state index is 0.183. The van der Waals surface area contributed by atoms with E-state index in [-0.39, 0.29) is 5.97 Å². The molecule has 1 aromatic rings. The molecule has 2 aliphatic carbocycles. The molecule has 1 aromatic carbocycles. The molecule has 2 aliphatic rings. The van der Waals surface area contributed by atoms with E-state index in [0.717, 1.165) is 17.1 Å². The van der Waals surface area contributed by atoms with Crippen LogP contribution < -0.4 is 0 Å². The van der Waals surface area contributed by atoms with E-state index in [0.29, 0.717) is 12.5 Å². The SMILES string of the molecule is CCOC(=O)/C(=C/C1CCCC1)c1ccc(SCC2CC2)cc1. The van der Waals surface area contributed by atoms with Crippen molar-refractivity contribution < 1.29 is 9.53 Å². The van der Waals surface area contributed by atoms with Crippen molar-refractivity contribution in [3.05, 3.63) is 35.9 Å². The monoisotopic (exact) mass is 330 g/mol. The van der Waals surface area contributed by atoms with E-state index in [9.17, 15) is 4.79 Å². The number of esters is 1. The summed E-state index contributed by atoms with van der Waals surface area (Å²) in [6, 6.07) is 8.44. The number of allylic oxidation sites excluding steroid dienone is 1. The first-order valence-electron chi connectivity index (χ1n) is 8.88. The molecule has 0 radical (unpaired) electrons. The minimum Gasteiger partial charge on any atom is -0.462 e. The van der Waals surface area contributed by atoms with Gasteiger partial charge >= 0.3 is 5.97 Å². The normalized spacial score (nSPS) is 19.1. The van der Waals surface area contributed by atoms with Crippen LogP contribution in [0.1, 0.15) is 51.0 Å². The van der Waals surface area contributed by atoms with Gasteiger partial charge in [-0.2, -0.15) is 0 Å². The third kappa shape index (κ3) is 4.87. The van der Waals surface area contributed by atoms with E-state index in [1.807, 2.05) is 18.7 Å². The Morgan fingerprint density at radius 1 is 1.17 bits per heavy atom. The summed E-state index contributed by atoms with van der Waals surface area (Å²) in [5, 5.41) is 0. The molecule has 0 spiro atoms. The maximum atomic E-state index is 12.3. The fraction of sp³-hybridized carbons (Fsp3) is 0.550. The number of ether oxygens (including phenoxy) is 1. The zero-order valence-corrected chi connectivity index (χ0v) is 14.7. The number of carbonyl (C=O) groups is 1. The predicted molar refractivity (Wildman–Crippen MR) is 96.5 cm³/mol. The van der Waals surface area contributed by atoms with Gasteiger partial charge in [0.05, 0.1) is 12.2 Å². The van der Waals surface area contributed by atoms with E-state index in [1.165, 1.54) is 49.2 Å². The molecule has 0 aromatic heterocycles. The molecule has 3 heteroatoms. The molecule has 0 N–H and O–H groups in total. The fourth-order valence-electron chi connectivity index (χ4n) is 3.08. The van der Waals surface area contributed by atoms with Crippen LogP contribution in [0.25, 0.3) is 5.57 Å². The molecule has 0 unspecified atom stereocenters. The van der Waals surface area contributed by atoms with E-state index < -0.39 is 0 Å². The van der Waals surface area contributed by atoms with Crippen molar-refractivity contribution in [3.8, 4) is 0 Å². The third-order valence-electron chi connectivity index (χ3n) is 4.65. The summed E-state index contributed by atoms with van der Waals surface area (Å²) >= 11 is 1.93. The van der Waals surface area contributed by atoms with Crippen LogP contribution >= 0.6 is 11.8 Å². The van der Waals surface area contributed by atoms with Crippen LogP contribution in [0.2, 0.25) is 0 Å². The predicted octanol–water partition coefficient (Wildman–Crippen LogP) is 5.33. The van der Waals surface area contributed by atoms with Crippen LogP contribution in [0.4, 0.5) is 0 Å². The Hall–Kier alpha value is -1.22. The largest absolute Gasteiger partial charge is 0.462 e. The summed E-state index contributed by atoms with van der Waals surface area (Å²) in [7, 11) is 0. The second-order valence-electron chi connectivity index (χ2n) is 6.62. The van der Waals surface area contributed by atoms with Crippen LogP contribution in [0.15, 0.2) is 35.2 Å². The molecule has 23 heavy (non-hydrogen) atoms. The quantitative estimate of drug-likeness (QED) is 0.384.